The highest BCUT2D eigenvalue weighted by Crippen LogP contribution is 2.26. The third-order valence-corrected chi connectivity index (χ3v) is 3.87. The minimum atomic E-state index is -0.246. The average Bonchev–Trinajstić information content (AvgIpc) is 3.08. The number of anilines is 1. The minimum Gasteiger partial charge on any atom is -0.493 e. The van der Waals surface area contributed by atoms with Gasteiger partial charge in [-0.05, 0) is 54.5 Å². The Hall–Kier alpha value is -3.08. The van der Waals surface area contributed by atoms with Gasteiger partial charge in [-0.1, -0.05) is 12.1 Å². The summed E-state index contributed by atoms with van der Waals surface area (Å²) in [4.78, 5) is 23.9. The number of carbonyl (C=O) groups excluding carboxylic acids is 2. The monoisotopic (exact) mass is 336 g/mol. The fourth-order valence-electron chi connectivity index (χ4n) is 2.67. The van der Waals surface area contributed by atoms with Gasteiger partial charge in [0.05, 0.1) is 6.61 Å². The van der Waals surface area contributed by atoms with E-state index in [1.807, 2.05) is 25.1 Å². The van der Waals surface area contributed by atoms with Crippen LogP contribution in [0.3, 0.4) is 0 Å². The van der Waals surface area contributed by atoms with E-state index < -0.39 is 0 Å². The van der Waals surface area contributed by atoms with E-state index >= 15 is 0 Å². The molecule has 2 amide bonds. The number of rotatable bonds is 5. The van der Waals surface area contributed by atoms with Crippen molar-refractivity contribution >= 4 is 23.6 Å². The summed E-state index contributed by atoms with van der Waals surface area (Å²) in [6, 6.07) is 12.7. The predicted octanol–water partition coefficient (Wildman–Crippen LogP) is 3.02. The van der Waals surface area contributed by atoms with Crippen molar-refractivity contribution in [3.05, 3.63) is 65.2 Å². The second kappa shape index (κ2) is 7.66. The molecule has 1 aliphatic rings. The number of nitrogens with one attached hydrogen (secondary N) is 2. The molecule has 0 atom stereocenters. The predicted molar refractivity (Wildman–Crippen MR) is 97.8 cm³/mol. The zero-order valence-electron chi connectivity index (χ0n) is 14.0. The molecule has 3 rings (SSSR count). The van der Waals surface area contributed by atoms with Gasteiger partial charge in [-0.2, -0.15) is 0 Å². The van der Waals surface area contributed by atoms with Gasteiger partial charge in [0, 0.05) is 30.3 Å². The van der Waals surface area contributed by atoms with Crippen molar-refractivity contribution in [3.8, 4) is 5.75 Å². The highest BCUT2D eigenvalue weighted by atomic mass is 16.5. The molecule has 0 spiro atoms. The normalized spacial score (nSPS) is 12.5. The van der Waals surface area contributed by atoms with Crippen LogP contribution in [-0.2, 0) is 11.2 Å². The SMILES string of the molecule is CCNC(=O)c1cccc(NC(=O)/C=C/c2ccc3c(c2)CCO3)c1. The van der Waals surface area contributed by atoms with Crippen molar-refractivity contribution in [2.45, 2.75) is 13.3 Å². The zero-order chi connectivity index (χ0) is 17.6. The van der Waals surface area contributed by atoms with E-state index in [9.17, 15) is 9.59 Å². The fourth-order valence-corrected chi connectivity index (χ4v) is 2.67. The molecular formula is C20H20N2O3. The van der Waals surface area contributed by atoms with Gasteiger partial charge < -0.3 is 15.4 Å². The first-order valence-corrected chi connectivity index (χ1v) is 8.29. The molecule has 0 aromatic heterocycles. The smallest absolute Gasteiger partial charge is 0.251 e. The van der Waals surface area contributed by atoms with Crippen LogP contribution in [0.5, 0.6) is 5.75 Å². The lowest BCUT2D eigenvalue weighted by molar-refractivity contribution is -0.111. The Balaban J connectivity index is 1.64. The first-order chi connectivity index (χ1) is 12.2. The molecule has 0 aliphatic carbocycles. The van der Waals surface area contributed by atoms with Crippen LogP contribution in [0.2, 0.25) is 0 Å². The first-order valence-electron chi connectivity index (χ1n) is 8.29. The number of amides is 2. The van der Waals surface area contributed by atoms with Gasteiger partial charge in [-0.25, -0.2) is 0 Å². The second-order valence-corrected chi connectivity index (χ2v) is 5.73. The van der Waals surface area contributed by atoms with Crippen LogP contribution in [0.1, 0.15) is 28.4 Å². The Kier molecular flexibility index (Phi) is 5.14. The largest absolute Gasteiger partial charge is 0.493 e. The number of hydrogen-bond donors (Lipinski definition) is 2. The minimum absolute atomic E-state index is 0.158. The Bertz CT molecular complexity index is 827. The molecule has 1 heterocycles. The molecule has 1 aliphatic heterocycles. The number of ether oxygens (including phenoxy) is 1. The fraction of sp³-hybridized carbons (Fsp3) is 0.200. The zero-order valence-corrected chi connectivity index (χ0v) is 14.0. The average molecular weight is 336 g/mol. The van der Waals surface area contributed by atoms with Crippen molar-refractivity contribution in [2.75, 3.05) is 18.5 Å². The lowest BCUT2D eigenvalue weighted by Crippen LogP contribution is -2.22. The first kappa shape index (κ1) is 16.8. The Morgan fingerprint density at radius 3 is 2.92 bits per heavy atom. The molecule has 2 aromatic rings. The highest BCUT2D eigenvalue weighted by Gasteiger charge is 2.11. The molecule has 0 unspecified atom stereocenters. The van der Waals surface area contributed by atoms with E-state index in [2.05, 4.69) is 10.6 Å². The van der Waals surface area contributed by atoms with Gasteiger partial charge in [0.25, 0.3) is 5.91 Å². The molecule has 25 heavy (non-hydrogen) atoms. The third kappa shape index (κ3) is 4.26. The Labute approximate surface area is 146 Å². The van der Waals surface area contributed by atoms with Crippen LogP contribution < -0.4 is 15.4 Å². The van der Waals surface area contributed by atoms with Gasteiger partial charge in [0.2, 0.25) is 5.91 Å². The summed E-state index contributed by atoms with van der Waals surface area (Å²) in [5.74, 6) is 0.517. The molecule has 5 nitrogen and oxygen atoms in total. The summed E-state index contributed by atoms with van der Waals surface area (Å²) in [6.07, 6.45) is 4.15. The van der Waals surface area contributed by atoms with Crippen molar-refractivity contribution in [1.29, 1.82) is 0 Å². The maximum Gasteiger partial charge on any atom is 0.251 e. The van der Waals surface area contributed by atoms with Gasteiger partial charge in [-0.3, -0.25) is 9.59 Å². The van der Waals surface area contributed by atoms with E-state index in [1.165, 1.54) is 6.08 Å². The molecule has 2 aromatic carbocycles. The summed E-state index contributed by atoms with van der Waals surface area (Å²) in [5, 5.41) is 5.51. The van der Waals surface area contributed by atoms with E-state index in [4.69, 9.17) is 4.74 Å². The second-order valence-electron chi connectivity index (χ2n) is 5.73. The van der Waals surface area contributed by atoms with Crippen LogP contribution >= 0.6 is 0 Å². The number of hydrogen-bond acceptors (Lipinski definition) is 3. The number of carbonyl (C=O) groups is 2. The lowest BCUT2D eigenvalue weighted by atomic mass is 10.1. The van der Waals surface area contributed by atoms with Crippen LogP contribution in [0.4, 0.5) is 5.69 Å². The molecule has 0 fully saturated rings. The van der Waals surface area contributed by atoms with E-state index in [-0.39, 0.29) is 11.8 Å². The maximum atomic E-state index is 12.1. The highest BCUT2D eigenvalue weighted by molar-refractivity contribution is 6.03. The molecule has 0 saturated heterocycles. The van der Waals surface area contributed by atoms with Crippen molar-refractivity contribution < 1.29 is 14.3 Å². The third-order valence-electron chi connectivity index (χ3n) is 3.87. The van der Waals surface area contributed by atoms with Crippen LogP contribution in [0, 0.1) is 0 Å². The van der Waals surface area contributed by atoms with Crippen LogP contribution in [0.25, 0.3) is 6.08 Å². The Morgan fingerprint density at radius 2 is 2.08 bits per heavy atom. The van der Waals surface area contributed by atoms with Crippen LogP contribution in [-0.4, -0.2) is 25.0 Å². The molecule has 0 bridgehead atoms. The van der Waals surface area contributed by atoms with Crippen molar-refractivity contribution in [2.24, 2.45) is 0 Å². The van der Waals surface area contributed by atoms with Gasteiger partial charge in [0.1, 0.15) is 5.75 Å². The summed E-state index contributed by atoms with van der Waals surface area (Å²) >= 11 is 0. The van der Waals surface area contributed by atoms with Crippen molar-refractivity contribution in [3.63, 3.8) is 0 Å². The summed E-state index contributed by atoms with van der Waals surface area (Å²) in [5.41, 5.74) is 3.22. The van der Waals surface area contributed by atoms with E-state index in [1.54, 1.807) is 30.3 Å². The van der Waals surface area contributed by atoms with Gasteiger partial charge in [-0.15, -0.1) is 0 Å². The van der Waals surface area contributed by atoms with Gasteiger partial charge in [0.15, 0.2) is 0 Å². The summed E-state index contributed by atoms with van der Waals surface area (Å²) in [6.45, 7) is 3.13. The lowest BCUT2D eigenvalue weighted by Gasteiger charge is -2.06. The molecule has 128 valence electrons. The molecule has 0 saturated carbocycles. The molecular weight excluding hydrogens is 316 g/mol. The van der Waals surface area contributed by atoms with E-state index in [0.29, 0.717) is 24.4 Å². The van der Waals surface area contributed by atoms with Gasteiger partial charge >= 0.3 is 0 Å². The molecule has 0 radical (unpaired) electrons. The Morgan fingerprint density at radius 1 is 1.20 bits per heavy atom. The molecule has 5 heteroatoms. The molecule has 2 N–H and O–H groups in total. The quantitative estimate of drug-likeness (QED) is 0.825. The maximum absolute atomic E-state index is 12.1. The van der Waals surface area contributed by atoms with Crippen LogP contribution in [0.15, 0.2) is 48.5 Å². The number of fused-ring (bicyclic) bond motifs is 1. The number of benzene rings is 2. The van der Waals surface area contributed by atoms with Crippen molar-refractivity contribution in [1.82, 2.24) is 5.32 Å². The topological polar surface area (TPSA) is 67.4 Å². The standard InChI is InChI=1S/C20H20N2O3/c1-2-21-20(24)16-4-3-5-17(13-16)22-19(23)9-7-14-6-8-18-15(12-14)10-11-25-18/h3-9,12-13H,2,10-11H2,1H3,(H,21,24)(H,22,23)/b9-7+. The van der Waals surface area contributed by atoms with E-state index in [0.717, 1.165) is 23.3 Å². The summed E-state index contributed by atoms with van der Waals surface area (Å²) < 4.78 is 5.47. The summed E-state index contributed by atoms with van der Waals surface area (Å²) in [7, 11) is 0.